The highest BCUT2D eigenvalue weighted by molar-refractivity contribution is 6.09. The molecule has 0 spiro atoms. The summed E-state index contributed by atoms with van der Waals surface area (Å²) in [5, 5.41) is 2.83. The van der Waals surface area contributed by atoms with Crippen molar-refractivity contribution < 1.29 is 14.4 Å². The summed E-state index contributed by atoms with van der Waals surface area (Å²) in [5.41, 5.74) is 1.85. The first-order valence-electron chi connectivity index (χ1n) is 10.7. The minimum Gasteiger partial charge on any atom is -0.372 e. The zero-order valence-corrected chi connectivity index (χ0v) is 16.7. The highest BCUT2D eigenvalue weighted by Gasteiger charge is 2.59. The number of imide groups is 1. The standard InChI is InChI=1S/C23H27N3O3/c1-14-8-10-25(11-9-14)18-6-4-17(5-7-18)24-19(27)13-26-22(28)20-15-2-3-16(12-15)21(20)23(26)29/h2-7,14-16,20-21H,8-13H2,1H3,(H,24,27). The van der Waals surface area contributed by atoms with Gasteiger partial charge in [-0.2, -0.15) is 0 Å². The van der Waals surface area contributed by atoms with E-state index in [2.05, 4.69) is 29.3 Å². The molecule has 29 heavy (non-hydrogen) atoms. The lowest BCUT2D eigenvalue weighted by atomic mass is 9.85. The smallest absolute Gasteiger partial charge is 0.244 e. The van der Waals surface area contributed by atoms with Crippen LogP contribution < -0.4 is 10.2 Å². The number of fused-ring (bicyclic) bond motifs is 5. The number of hydrogen-bond donors (Lipinski definition) is 1. The van der Waals surface area contributed by atoms with E-state index in [1.54, 1.807) is 0 Å². The van der Waals surface area contributed by atoms with Crippen molar-refractivity contribution in [3.05, 3.63) is 36.4 Å². The summed E-state index contributed by atoms with van der Waals surface area (Å²) in [6.07, 6.45) is 7.43. The molecule has 4 aliphatic rings. The van der Waals surface area contributed by atoms with Gasteiger partial charge in [-0.3, -0.25) is 19.3 Å². The van der Waals surface area contributed by atoms with Gasteiger partial charge in [0.15, 0.2) is 0 Å². The predicted octanol–water partition coefficient (Wildman–Crippen LogP) is 2.67. The SMILES string of the molecule is CC1CCN(c2ccc(NC(=O)CN3C(=O)C4C5C=CC(C5)C4C3=O)cc2)CC1. The van der Waals surface area contributed by atoms with Crippen molar-refractivity contribution in [3.8, 4) is 0 Å². The number of likely N-dealkylation sites (tertiary alicyclic amines) is 1. The number of nitrogens with one attached hydrogen (secondary N) is 1. The lowest BCUT2D eigenvalue weighted by Crippen LogP contribution is -2.39. The number of carbonyl (C=O) groups excluding carboxylic acids is 3. The Morgan fingerprint density at radius 1 is 1.00 bits per heavy atom. The third-order valence-electron chi connectivity index (χ3n) is 7.16. The van der Waals surface area contributed by atoms with Crippen LogP contribution in [-0.2, 0) is 14.4 Å². The van der Waals surface area contributed by atoms with E-state index < -0.39 is 0 Å². The number of benzene rings is 1. The molecule has 1 N–H and O–H groups in total. The molecule has 2 saturated heterocycles. The van der Waals surface area contributed by atoms with Gasteiger partial charge in [-0.1, -0.05) is 19.1 Å². The van der Waals surface area contributed by atoms with Crippen LogP contribution in [0.15, 0.2) is 36.4 Å². The Morgan fingerprint density at radius 2 is 1.59 bits per heavy atom. The Bertz CT molecular complexity index is 840. The molecule has 1 aromatic carbocycles. The first kappa shape index (κ1) is 18.4. The van der Waals surface area contributed by atoms with E-state index in [0.717, 1.165) is 31.1 Å². The van der Waals surface area contributed by atoms with Gasteiger partial charge in [0.1, 0.15) is 6.54 Å². The minimum atomic E-state index is -0.327. The zero-order valence-electron chi connectivity index (χ0n) is 16.7. The van der Waals surface area contributed by atoms with Crippen LogP contribution in [0.2, 0.25) is 0 Å². The average molecular weight is 393 g/mol. The van der Waals surface area contributed by atoms with Gasteiger partial charge in [0.25, 0.3) is 0 Å². The third-order valence-corrected chi connectivity index (χ3v) is 7.16. The minimum absolute atomic E-state index is 0.167. The van der Waals surface area contributed by atoms with Gasteiger partial charge in [0, 0.05) is 24.5 Å². The second-order valence-electron chi connectivity index (χ2n) is 9.03. The van der Waals surface area contributed by atoms with E-state index in [1.165, 1.54) is 17.7 Å². The number of hydrogen-bond acceptors (Lipinski definition) is 4. The molecule has 3 amide bonds. The van der Waals surface area contributed by atoms with E-state index in [0.29, 0.717) is 5.69 Å². The molecule has 5 rings (SSSR count). The predicted molar refractivity (Wildman–Crippen MR) is 110 cm³/mol. The topological polar surface area (TPSA) is 69.7 Å². The Hall–Kier alpha value is -2.63. The van der Waals surface area contributed by atoms with Gasteiger partial charge in [-0.05, 0) is 61.3 Å². The molecule has 2 aliphatic heterocycles. The van der Waals surface area contributed by atoms with Gasteiger partial charge in [0.2, 0.25) is 17.7 Å². The maximum absolute atomic E-state index is 12.7. The molecule has 2 bridgehead atoms. The molecule has 3 fully saturated rings. The number of carbonyl (C=O) groups is 3. The van der Waals surface area contributed by atoms with Crippen molar-refractivity contribution in [2.75, 3.05) is 29.9 Å². The van der Waals surface area contributed by atoms with E-state index in [-0.39, 0.29) is 47.9 Å². The Labute approximate surface area is 170 Å². The molecule has 2 aliphatic carbocycles. The molecule has 6 heteroatoms. The summed E-state index contributed by atoms with van der Waals surface area (Å²) in [7, 11) is 0. The van der Waals surface area contributed by atoms with E-state index in [1.807, 2.05) is 24.3 Å². The van der Waals surface area contributed by atoms with Crippen molar-refractivity contribution in [1.29, 1.82) is 0 Å². The Kier molecular flexibility index (Phi) is 4.45. The van der Waals surface area contributed by atoms with Crippen molar-refractivity contribution in [2.24, 2.45) is 29.6 Å². The number of nitrogens with zero attached hydrogens (tertiary/aromatic N) is 2. The van der Waals surface area contributed by atoms with Crippen molar-refractivity contribution in [1.82, 2.24) is 4.90 Å². The molecule has 1 aromatic rings. The van der Waals surface area contributed by atoms with Crippen molar-refractivity contribution in [3.63, 3.8) is 0 Å². The van der Waals surface area contributed by atoms with Crippen molar-refractivity contribution in [2.45, 2.75) is 26.2 Å². The summed E-state index contributed by atoms with van der Waals surface area (Å²) in [5.74, 6) is -0.0745. The molecule has 2 heterocycles. The number of amides is 3. The summed E-state index contributed by atoms with van der Waals surface area (Å²) in [6.45, 7) is 4.21. The molecular weight excluding hydrogens is 366 g/mol. The lowest BCUT2D eigenvalue weighted by molar-refractivity contribution is -0.143. The zero-order chi connectivity index (χ0) is 20.1. The maximum atomic E-state index is 12.7. The Balaban J connectivity index is 1.19. The fourth-order valence-electron chi connectivity index (χ4n) is 5.49. The molecule has 6 nitrogen and oxygen atoms in total. The summed E-state index contributed by atoms with van der Waals surface area (Å²) in [4.78, 5) is 41.4. The van der Waals surface area contributed by atoms with Crippen LogP contribution in [0.5, 0.6) is 0 Å². The average Bonchev–Trinajstić information content (AvgIpc) is 3.39. The second kappa shape index (κ2) is 7.01. The van der Waals surface area contributed by atoms with Crippen LogP contribution in [0.4, 0.5) is 11.4 Å². The first-order chi connectivity index (χ1) is 14.0. The number of allylic oxidation sites excluding steroid dienone is 2. The fraction of sp³-hybridized carbons (Fsp3) is 0.522. The van der Waals surface area contributed by atoms with Gasteiger partial charge in [-0.25, -0.2) is 0 Å². The van der Waals surface area contributed by atoms with Gasteiger partial charge >= 0.3 is 0 Å². The fourth-order valence-corrected chi connectivity index (χ4v) is 5.49. The van der Waals surface area contributed by atoms with Crippen LogP contribution in [0.1, 0.15) is 26.2 Å². The van der Waals surface area contributed by atoms with E-state index >= 15 is 0 Å². The monoisotopic (exact) mass is 393 g/mol. The quantitative estimate of drug-likeness (QED) is 0.631. The Morgan fingerprint density at radius 3 is 2.17 bits per heavy atom. The van der Waals surface area contributed by atoms with E-state index in [4.69, 9.17) is 0 Å². The lowest BCUT2D eigenvalue weighted by Gasteiger charge is -2.32. The number of rotatable bonds is 4. The second-order valence-corrected chi connectivity index (χ2v) is 9.03. The first-order valence-corrected chi connectivity index (χ1v) is 10.7. The van der Waals surface area contributed by atoms with Gasteiger partial charge in [0.05, 0.1) is 11.8 Å². The van der Waals surface area contributed by atoms with Gasteiger partial charge < -0.3 is 10.2 Å². The van der Waals surface area contributed by atoms with Crippen molar-refractivity contribution >= 4 is 29.1 Å². The summed E-state index contributed by atoms with van der Waals surface area (Å²) >= 11 is 0. The number of piperidine rings is 1. The molecule has 0 radical (unpaired) electrons. The molecule has 1 saturated carbocycles. The van der Waals surface area contributed by atoms with Gasteiger partial charge in [-0.15, -0.1) is 0 Å². The normalized spacial score (nSPS) is 30.9. The van der Waals surface area contributed by atoms with Crippen LogP contribution in [0.3, 0.4) is 0 Å². The molecular formula is C23H27N3O3. The van der Waals surface area contributed by atoms with Crippen LogP contribution in [-0.4, -0.2) is 42.3 Å². The van der Waals surface area contributed by atoms with Crippen LogP contribution in [0.25, 0.3) is 0 Å². The summed E-state index contributed by atoms with van der Waals surface area (Å²) < 4.78 is 0. The summed E-state index contributed by atoms with van der Waals surface area (Å²) in [6, 6.07) is 7.81. The van der Waals surface area contributed by atoms with E-state index in [9.17, 15) is 14.4 Å². The number of anilines is 2. The van der Waals surface area contributed by atoms with Crippen LogP contribution in [0, 0.1) is 29.6 Å². The maximum Gasteiger partial charge on any atom is 0.244 e. The molecule has 4 atom stereocenters. The highest BCUT2D eigenvalue weighted by Crippen LogP contribution is 2.52. The third kappa shape index (κ3) is 3.15. The molecule has 4 unspecified atom stereocenters. The molecule has 152 valence electrons. The largest absolute Gasteiger partial charge is 0.372 e. The molecule has 0 aromatic heterocycles. The highest BCUT2D eigenvalue weighted by atomic mass is 16.2. The van der Waals surface area contributed by atoms with Crippen LogP contribution >= 0.6 is 0 Å².